The highest BCUT2D eigenvalue weighted by molar-refractivity contribution is 6.00. The first-order valence-electron chi connectivity index (χ1n) is 6.00. The minimum atomic E-state index is -0.946. The lowest BCUT2D eigenvalue weighted by Crippen LogP contribution is -2.20. The second kappa shape index (κ2) is 4.40. The molecule has 0 radical (unpaired) electrons. The van der Waals surface area contributed by atoms with Crippen molar-refractivity contribution < 1.29 is 9.90 Å². The van der Waals surface area contributed by atoms with Crippen molar-refractivity contribution in [2.45, 2.75) is 33.7 Å². The molecule has 0 aliphatic rings. The first-order valence-corrected chi connectivity index (χ1v) is 6.00. The molecule has 2 aromatic rings. The molecule has 5 nitrogen and oxygen atoms in total. The van der Waals surface area contributed by atoms with Gasteiger partial charge in [0.25, 0.3) is 0 Å². The number of para-hydroxylation sites is 1. The molecule has 0 aliphatic heterocycles. The summed E-state index contributed by atoms with van der Waals surface area (Å²) in [6, 6.07) is 5.06. The van der Waals surface area contributed by atoms with Crippen LogP contribution in [0.3, 0.4) is 0 Å². The van der Waals surface area contributed by atoms with Gasteiger partial charge in [-0.2, -0.15) is 0 Å². The van der Waals surface area contributed by atoms with Crippen molar-refractivity contribution >= 4 is 17.0 Å². The standard InChI is InChI=1S/C13H17N3O2/c1-4-13(2,3)8-16-11-9(12(17)18)6-5-7-10(11)14-15-16/h5-7H,4,8H2,1-3H3,(H,17,18). The third kappa shape index (κ3) is 2.20. The van der Waals surface area contributed by atoms with Crippen LogP contribution in [0.2, 0.25) is 0 Å². The molecule has 96 valence electrons. The Morgan fingerprint density at radius 3 is 2.78 bits per heavy atom. The zero-order valence-corrected chi connectivity index (χ0v) is 10.8. The second-order valence-electron chi connectivity index (χ2n) is 5.24. The van der Waals surface area contributed by atoms with Gasteiger partial charge in [-0.15, -0.1) is 5.10 Å². The largest absolute Gasteiger partial charge is 0.478 e. The molecule has 0 atom stereocenters. The third-order valence-electron chi connectivity index (χ3n) is 3.30. The predicted molar refractivity (Wildman–Crippen MR) is 68.6 cm³/mol. The fraction of sp³-hybridized carbons (Fsp3) is 0.462. The van der Waals surface area contributed by atoms with Gasteiger partial charge in [-0.05, 0) is 24.0 Å². The minimum Gasteiger partial charge on any atom is -0.478 e. The molecule has 0 spiro atoms. The average molecular weight is 247 g/mol. The zero-order valence-electron chi connectivity index (χ0n) is 10.8. The number of benzene rings is 1. The van der Waals surface area contributed by atoms with E-state index in [4.69, 9.17) is 0 Å². The van der Waals surface area contributed by atoms with Crippen LogP contribution in [0.1, 0.15) is 37.6 Å². The van der Waals surface area contributed by atoms with Crippen molar-refractivity contribution in [3.05, 3.63) is 23.8 Å². The highest BCUT2D eigenvalue weighted by atomic mass is 16.4. The predicted octanol–water partition coefficient (Wildman–Crippen LogP) is 2.57. The maximum absolute atomic E-state index is 11.2. The van der Waals surface area contributed by atoms with Crippen LogP contribution in [-0.4, -0.2) is 26.1 Å². The number of hydrogen-bond acceptors (Lipinski definition) is 3. The van der Waals surface area contributed by atoms with Crippen molar-refractivity contribution in [1.82, 2.24) is 15.0 Å². The summed E-state index contributed by atoms with van der Waals surface area (Å²) in [7, 11) is 0. The van der Waals surface area contributed by atoms with E-state index in [1.54, 1.807) is 22.9 Å². The maximum atomic E-state index is 11.2. The van der Waals surface area contributed by atoms with E-state index < -0.39 is 5.97 Å². The number of aromatic nitrogens is 3. The lowest BCUT2D eigenvalue weighted by molar-refractivity contribution is 0.0698. The summed E-state index contributed by atoms with van der Waals surface area (Å²) in [6.07, 6.45) is 0.990. The summed E-state index contributed by atoms with van der Waals surface area (Å²) in [4.78, 5) is 11.2. The average Bonchev–Trinajstić information content (AvgIpc) is 2.72. The molecule has 0 amide bonds. The fourth-order valence-electron chi connectivity index (χ4n) is 1.83. The van der Waals surface area contributed by atoms with E-state index in [0.29, 0.717) is 17.6 Å². The quantitative estimate of drug-likeness (QED) is 0.901. The Morgan fingerprint density at radius 1 is 1.44 bits per heavy atom. The summed E-state index contributed by atoms with van der Waals surface area (Å²) in [5.41, 5.74) is 1.55. The summed E-state index contributed by atoms with van der Waals surface area (Å²) in [5, 5.41) is 17.3. The van der Waals surface area contributed by atoms with Gasteiger partial charge in [0.2, 0.25) is 0 Å². The Bertz CT molecular complexity index is 587. The lowest BCUT2D eigenvalue weighted by Gasteiger charge is -2.22. The van der Waals surface area contributed by atoms with Gasteiger partial charge < -0.3 is 5.11 Å². The number of nitrogens with zero attached hydrogens (tertiary/aromatic N) is 3. The highest BCUT2D eigenvalue weighted by Gasteiger charge is 2.21. The van der Waals surface area contributed by atoms with Crippen LogP contribution in [0.5, 0.6) is 0 Å². The Labute approximate surface area is 105 Å². The van der Waals surface area contributed by atoms with Crippen LogP contribution in [0.15, 0.2) is 18.2 Å². The SMILES string of the molecule is CCC(C)(C)Cn1nnc2cccc(C(=O)O)c21. The van der Waals surface area contributed by atoms with E-state index in [2.05, 4.69) is 31.1 Å². The van der Waals surface area contributed by atoms with Gasteiger partial charge in [-0.25, -0.2) is 9.48 Å². The van der Waals surface area contributed by atoms with Crippen LogP contribution < -0.4 is 0 Å². The second-order valence-corrected chi connectivity index (χ2v) is 5.24. The van der Waals surface area contributed by atoms with Crippen molar-refractivity contribution in [3.8, 4) is 0 Å². The number of rotatable bonds is 4. The number of carbonyl (C=O) groups is 1. The van der Waals surface area contributed by atoms with Crippen LogP contribution in [-0.2, 0) is 6.54 Å². The molecule has 0 aliphatic carbocycles. The van der Waals surface area contributed by atoms with E-state index in [1.807, 2.05) is 0 Å². The van der Waals surface area contributed by atoms with E-state index >= 15 is 0 Å². The Morgan fingerprint density at radius 2 is 2.17 bits per heavy atom. The van der Waals surface area contributed by atoms with E-state index in [0.717, 1.165) is 6.42 Å². The van der Waals surface area contributed by atoms with Crippen molar-refractivity contribution in [2.75, 3.05) is 0 Å². The van der Waals surface area contributed by atoms with Gasteiger partial charge in [-0.3, -0.25) is 0 Å². The summed E-state index contributed by atoms with van der Waals surface area (Å²) in [6.45, 7) is 7.02. The molecule has 0 bridgehead atoms. The third-order valence-corrected chi connectivity index (χ3v) is 3.30. The summed E-state index contributed by atoms with van der Waals surface area (Å²) >= 11 is 0. The first-order chi connectivity index (χ1) is 8.44. The Kier molecular flexibility index (Phi) is 3.07. The van der Waals surface area contributed by atoms with Gasteiger partial charge in [0.1, 0.15) is 11.0 Å². The van der Waals surface area contributed by atoms with Gasteiger partial charge in [-0.1, -0.05) is 32.1 Å². The summed E-state index contributed by atoms with van der Waals surface area (Å²) < 4.78 is 1.70. The van der Waals surface area contributed by atoms with Gasteiger partial charge in [0, 0.05) is 6.54 Å². The van der Waals surface area contributed by atoms with E-state index in [9.17, 15) is 9.90 Å². The number of hydrogen-bond donors (Lipinski definition) is 1. The first kappa shape index (κ1) is 12.5. The van der Waals surface area contributed by atoms with Gasteiger partial charge in [0.15, 0.2) is 0 Å². The van der Waals surface area contributed by atoms with Crippen molar-refractivity contribution in [2.24, 2.45) is 5.41 Å². The van der Waals surface area contributed by atoms with Gasteiger partial charge >= 0.3 is 5.97 Å². The molecule has 0 fully saturated rings. The lowest BCUT2D eigenvalue weighted by atomic mass is 9.90. The molecule has 5 heteroatoms. The molecule has 1 aromatic carbocycles. The minimum absolute atomic E-state index is 0.0618. The number of carboxylic acid groups (broad SMARTS) is 1. The number of carboxylic acids is 1. The fourth-order valence-corrected chi connectivity index (χ4v) is 1.83. The van der Waals surface area contributed by atoms with Crippen molar-refractivity contribution in [3.63, 3.8) is 0 Å². The smallest absolute Gasteiger partial charge is 0.337 e. The van der Waals surface area contributed by atoms with E-state index in [-0.39, 0.29) is 11.0 Å². The Hall–Kier alpha value is -1.91. The molecule has 1 aromatic heterocycles. The van der Waals surface area contributed by atoms with Crippen LogP contribution >= 0.6 is 0 Å². The molecular formula is C13H17N3O2. The summed E-state index contributed by atoms with van der Waals surface area (Å²) in [5.74, 6) is -0.946. The number of aromatic carboxylic acids is 1. The topological polar surface area (TPSA) is 68.0 Å². The number of fused-ring (bicyclic) bond motifs is 1. The van der Waals surface area contributed by atoms with Crippen LogP contribution in [0.4, 0.5) is 0 Å². The van der Waals surface area contributed by atoms with Crippen LogP contribution in [0, 0.1) is 5.41 Å². The molecule has 1 heterocycles. The normalized spacial score (nSPS) is 11.9. The monoisotopic (exact) mass is 247 g/mol. The molecule has 0 saturated carbocycles. The van der Waals surface area contributed by atoms with Crippen LogP contribution in [0.25, 0.3) is 11.0 Å². The molecule has 0 saturated heterocycles. The zero-order chi connectivity index (χ0) is 13.3. The van der Waals surface area contributed by atoms with Gasteiger partial charge in [0.05, 0.1) is 5.56 Å². The molecular weight excluding hydrogens is 230 g/mol. The molecule has 2 rings (SSSR count). The maximum Gasteiger partial charge on any atom is 0.337 e. The molecule has 1 N–H and O–H groups in total. The molecule has 18 heavy (non-hydrogen) atoms. The van der Waals surface area contributed by atoms with E-state index in [1.165, 1.54) is 0 Å². The highest BCUT2D eigenvalue weighted by Crippen LogP contribution is 2.25. The Balaban J connectivity index is 2.55. The van der Waals surface area contributed by atoms with Crippen molar-refractivity contribution in [1.29, 1.82) is 0 Å². The molecule has 0 unspecified atom stereocenters.